The maximum absolute atomic E-state index is 12.9. The van der Waals surface area contributed by atoms with Crippen LogP contribution >= 0.6 is 0 Å². The third kappa shape index (κ3) is 4.99. The maximum Gasteiger partial charge on any atom is 0.229 e. The Hall–Kier alpha value is -3.42. The summed E-state index contributed by atoms with van der Waals surface area (Å²) in [6, 6.07) is 10.9. The van der Waals surface area contributed by atoms with Gasteiger partial charge in [0.05, 0.1) is 39.0 Å². The van der Waals surface area contributed by atoms with Gasteiger partial charge in [0.15, 0.2) is 11.5 Å². The van der Waals surface area contributed by atoms with Gasteiger partial charge in [0, 0.05) is 36.9 Å². The van der Waals surface area contributed by atoms with E-state index in [1.165, 1.54) is 34.2 Å². The highest BCUT2D eigenvalue weighted by Gasteiger charge is 2.36. The standard InChI is InChI=1S/C25H30N2O6/c1-30-21-13-18(14-22(31-2)24(21)32-3)27-15-16(11-23(27)28)25(29)26-17-7-6-10-20(12-17)33-19-8-4-5-9-19/h6-7,10,12-14,16,19H,4-5,8-9,11,15H2,1-3H3,(H,26,29). The zero-order chi connectivity index (χ0) is 23.4. The van der Waals surface area contributed by atoms with E-state index in [9.17, 15) is 9.59 Å². The van der Waals surface area contributed by atoms with Crippen molar-refractivity contribution in [3.05, 3.63) is 36.4 Å². The van der Waals surface area contributed by atoms with Gasteiger partial charge < -0.3 is 29.2 Å². The Morgan fingerprint density at radius 3 is 2.33 bits per heavy atom. The molecule has 33 heavy (non-hydrogen) atoms. The van der Waals surface area contributed by atoms with Gasteiger partial charge in [0.2, 0.25) is 17.6 Å². The number of anilines is 2. The molecule has 176 valence electrons. The second-order valence-corrected chi connectivity index (χ2v) is 8.33. The van der Waals surface area contributed by atoms with Gasteiger partial charge in [-0.05, 0) is 37.8 Å². The second-order valence-electron chi connectivity index (χ2n) is 8.33. The number of carbonyl (C=O) groups is 2. The molecule has 1 heterocycles. The van der Waals surface area contributed by atoms with Crippen LogP contribution in [0, 0.1) is 5.92 Å². The third-order valence-electron chi connectivity index (χ3n) is 6.16. The fraction of sp³-hybridized carbons (Fsp3) is 0.440. The molecule has 8 heteroatoms. The smallest absolute Gasteiger partial charge is 0.229 e. The molecule has 1 N–H and O–H groups in total. The quantitative estimate of drug-likeness (QED) is 0.648. The minimum Gasteiger partial charge on any atom is -0.493 e. The predicted molar refractivity (Wildman–Crippen MR) is 125 cm³/mol. The number of carbonyl (C=O) groups excluding carboxylic acids is 2. The highest BCUT2D eigenvalue weighted by Crippen LogP contribution is 2.42. The van der Waals surface area contributed by atoms with Gasteiger partial charge in [-0.2, -0.15) is 0 Å². The average Bonchev–Trinajstić information content (AvgIpc) is 3.47. The molecule has 1 atom stereocenters. The summed E-state index contributed by atoms with van der Waals surface area (Å²) in [4.78, 5) is 27.3. The Bertz CT molecular complexity index is 993. The van der Waals surface area contributed by atoms with Crippen LogP contribution in [-0.2, 0) is 9.59 Å². The Morgan fingerprint density at radius 2 is 1.70 bits per heavy atom. The molecule has 2 aromatic carbocycles. The van der Waals surface area contributed by atoms with Crippen LogP contribution in [-0.4, -0.2) is 45.8 Å². The molecule has 1 unspecified atom stereocenters. The Morgan fingerprint density at radius 1 is 1.00 bits per heavy atom. The molecule has 1 saturated heterocycles. The average molecular weight is 455 g/mol. The minimum absolute atomic E-state index is 0.126. The van der Waals surface area contributed by atoms with Crippen LogP contribution in [0.4, 0.5) is 11.4 Å². The molecule has 2 amide bonds. The van der Waals surface area contributed by atoms with E-state index in [-0.39, 0.29) is 30.9 Å². The molecule has 0 aromatic heterocycles. The van der Waals surface area contributed by atoms with Gasteiger partial charge in [0.25, 0.3) is 0 Å². The van der Waals surface area contributed by atoms with Crippen LogP contribution in [0.5, 0.6) is 23.0 Å². The summed E-state index contributed by atoms with van der Waals surface area (Å²) < 4.78 is 22.2. The van der Waals surface area contributed by atoms with E-state index in [2.05, 4.69) is 5.32 Å². The number of ether oxygens (including phenoxy) is 4. The highest BCUT2D eigenvalue weighted by atomic mass is 16.5. The van der Waals surface area contributed by atoms with Crippen molar-refractivity contribution in [2.45, 2.75) is 38.2 Å². The first-order valence-electron chi connectivity index (χ1n) is 11.2. The van der Waals surface area contributed by atoms with Crippen molar-refractivity contribution < 1.29 is 28.5 Å². The van der Waals surface area contributed by atoms with Gasteiger partial charge in [-0.15, -0.1) is 0 Å². The van der Waals surface area contributed by atoms with E-state index in [4.69, 9.17) is 18.9 Å². The van der Waals surface area contributed by atoms with Crippen LogP contribution in [0.1, 0.15) is 32.1 Å². The van der Waals surface area contributed by atoms with Crippen molar-refractivity contribution in [3.63, 3.8) is 0 Å². The summed E-state index contributed by atoms with van der Waals surface area (Å²) in [5.74, 6) is 1.29. The monoisotopic (exact) mass is 454 g/mol. The van der Waals surface area contributed by atoms with E-state index in [1.54, 1.807) is 17.0 Å². The lowest BCUT2D eigenvalue weighted by atomic mass is 10.1. The van der Waals surface area contributed by atoms with Gasteiger partial charge >= 0.3 is 0 Å². The molecule has 1 aliphatic heterocycles. The first kappa shape index (κ1) is 22.8. The van der Waals surface area contributed by atoms with Gasteiger partial charge in [0.1, 0.15) is 5.75 Å². The first-order valence-corrected chi connectivity index (χ1v) is 11.2. The van der Waals surface area contributed by atoms with Crippen molar-refractivity contribution >= 4 is 23.2 Å². The van der Waals surface area contributed by atoms with Crippen molar-refractivity contribution in [3.8, 4) is 23.0 Å². The molecule has 0 radical (unpaired) electrons. The zero-order valence-corrected chi connectivity index (χ0v) is 19.3. The van der Waals surface area contributed by atoms with E-state index < -0.39 is 5.92 Å². The second kappa shape index (κ2) is 10.0. The SMILES string of the molecule is COc1cc(N2CC(C(=O)Nc3cccc(OC4CCCC4)c3)CC2=O)cc(OC)c1OC. The predicted octanol–water partition coefficient (Wildman–Crippen LogP) is 4.03. The Balaban J connectivity index is 1.44. The van der Waals surface area contributed by atoms with Gasteiger partial charge in [-0.3, -0.25) is 9.59 Å². The minimum atomic E-state index is -0.476. The normalized spacial score (nSPS) is 18.3. The number of rotatable bonds is 8. The molecule has 8 nitrogen and oxygen atoms in total. The molecule has 4 rings (SSSR count). The largest absolute Gasteiger partial charge is 0.493 e. The summed E-state index contributed by atoms with van der Waals surface area (Å²) in [5, 5.41) is 2.94. The highest BCUT2D eigenvalue weighted by molar-refractivity contribution is 6.03. The Kier molecular flexibility index (Phi) is 6.91. The number of methoxy groups -OCH3 is 3. The molecular weight excluding hydrogens is 424 g/mol. The lowest BCUT2D eigenvalue weighted by Gasteiger charge is -2.20. The molecule has 0 spiro atoms. The van der Waals surface area contributed by atoms with Gasteiger partial charge in [-0.25, -0.2) is 0 Å². The van der Waals surface area contributed by atoms with E-state index in [0.717, 1.165) is 18.6 Å². The topological polar surface area (TPSA) is 86.3 Å². The first-order chi connectivity index (χ1) is 16.0. The van der Waals surface area contributed by atoms with Crippen LogP contribution in [0.25, 0.3) is 0 Å². The van der Waals surface area contributed by atoms with Crippen LogP contribution in [0.2, 0.25) is 0 Å². The zero-order valence-electron chi connectivity index (χ0n) is 19.3. The fourth-order valence-corrected chi connectivity index (χ4v) is 4.45. The van der Waals surface area contributed by atoms with E-state index >= 15 is 0 Å². The van der Waals surface area contributed by atoms with Crippen LogP contribution in [0.3, 0.4) is 0 Å². The molecule has 1 saturated carbocycles. The lowest BCUT2D eigenvalue weighted by Crippen LogP contribution is -2.28. The third-order valence-corrected chi connectivity index (χ3v) is 6.16. The molecule has 2 fully saturated rings. The summed E-state index contributed by atoms with van der Waals surface area (Å²) in [6.07, 6.45) is 4.89. The van der Waals surface area contributed by atoms with E-state index in [0.29, 0.717) is 28.6 Å². The summed E-state index contributed by atoms with van der Waals surface area (Å²) >= 11 is 0. The van der Waals surface area contributed by atoms with Crippen molar-refractivity contribution in [1.82, 2.24) is 0 Å². The summed E-state index contributed by atoms with van der Waals surface area (Å²) in [5.41, 5.74) is 1.26. The lowest BCUT2D eigenvalue weighted by molar-refractivity contribution is -0.122. The summed E-state index contributed by atoms with van der Waals surface area (Å²) in [6.45, 7) is 0.265. The Labute approximate surface area is 193 Å². The molecule has 1 aliphatic carbocycles. The number of benzene rings is 2. The van der Waals surface area contributed by atoms with E-state index in [1.807, 2.05) is 24.3 Å². The number of amides is 2. The molecule has 2 aromatic rings. The van der Waals surface area contributed by atoms with Gasteiger partial charge in [-0.1, -0.05) is 6.07 Å². The van der Waals surface area contributed by atoms with Crippen LogP contribution in [0.15, 0.2) is 36.4 Å². The number of hydrogen-bond acceptors (Lipinski definition) is 6. The maximum atomic E-state index is 12.9. The van der Waals surface area contributed by atoms with Crippen LogP contribution < -0.4 is 29.2 Å². The van der Waals surface area contributed by atoms with Crippen molar-refractivity contribution in [2.75, 3.05) is 38.1 Å². The summed E-state index contributed by atoms with van der Waals surface area (Å²) in [7, 11) is 4.57. The molecular formula is C25H30N2O6. The number of hydrogen-bond donors (Lipinski definition) is 1. The number of nitrogens with one attached hydrogen (secondary N) is 1. The van der Waals surface area contributed by atoms with Crippen molar-refractivity contribution in [1.29, 1.82) is 0 Å². The fourth-order valence-electron chi connectivity index (χ4n) is 4.45. The molecule has 0 bridgehead atoms. The number of nitrogens with zero attached hydrogens (tertiary/aromatic N) is 1. The van der Waals surface area contributed by atoms with Crippen molar-refractivity contribution in [2.24, 2.45) is 5.92 Å². The molecule has 2 aliphatic rings.